The summed E-state index contributed by atoms with van der Waals surface area (Å²) >= 11 is 14.5. The minimum atomic E-state index is -0.418. The number of aromatic nitrogens is 3. The Labute approximate surface area is 292 Å². The van der Waals surface area contributed by atoms with Gasteiger partial charge in [0, 0.05) is 69.6 Å². The number of fused-ring (bicyclic) bond motifs is 4. The first-order valence-corrected chi connectivity index (χ1v) is 18.4. The molecule has 248 valence electrons. The van der Waals surface area contributed by atoms with Crippen molar-refractivity contribution < 1.29 is 13.9 Å². The van der Waals surface area contributed by atoms with Crippen LogP contribution in [0.1, 0.15) is 64.7 Å². The molecule has 5 atom stereocenters. The van der Waals surface area contributed by atoms with E-state index in [0.29, 0.717) is 58.2 Å². The van der Waals surface area contributed by atoms with Crippen LogP contribution in [0.4, 0.5) is 4.39 Å². The molecule has 2 saturated carbocycles. The first kappa shape index (κ1) is 30.9. The van der Waals surface area contributed by atoms with Crippen molar-refractivity contribution in [2.75, 3.05) is 13.1 Å². The predicted molar refractivity (Wildman–Crippen MR) is 188 cm³/mol. The van der Waals surface area contributed by atoms with E-state index >= 15 is 4.39 Å². The zero-order chi connectivity index (χ0) is 33.0. The molecule has 2 aromatic carbocycles. The Balaban J connectivity index is 1.18. The molecule has 10 rings (SSSR count). The second-order valence-electron chi connectivity index (χ2n) is 14.0. The zero-order valence-corrected chi connectivity index (χ0v) is 29.4. The monoisotopic (exact) mass is 703 g/mol. The van der Waals surface area contributed by atoms with Crippen LogP contribution in [-0.2, 0) is 16.1 Å². The molecular formula is C37H36Cl2FN5O2S. The van der Waals surface area contributed by atoms with Crippen LogP contribution >= 0.6 is 34.5 Å². The molecule has 5 aliphatic rings. The van der Waals surface area contributed by atoms with Gasteiger partial charge in [0.05, 0.1) is 46.1 Å². The largest absolute Gasteiger partial charge is 0.369 e. The van der Waals surface area contributed by atoms with Gasteiger partial charge in [-0.3, -0.25) is 4.79 Å². The van der Waals surface area contributed by atoms with Gasteiger partial charge >= 0.3 is 0 Å². The summed E-state index contributed by atoms with van der Waals surface area (Å²) in [6, 6.07) is 11.6. The van der Waals surface area contributed by atoms with E-state index in [-0.39, 0.29) is 30.0 Å². The molecule has 0 radical (unpaired) electrons. The molecule has 2 aliphatic carbocycles. The third-order valence-electron chi connectivity index (χ3n) is 11.1. The van der Waals surface area contributed by atoms with Crippen LogP contribution in [0.25, 0.3) is 32.9 Å². The summed E-state index contributed by atoms with van der Waals surface area (Å²) in [7, 11) is 0. The Bertz CT molecular complexity index is 2110. The van der Waals surface area contributed by atoms with E-state index in [2.05, 4.69) is 32.8 Å². The Kier molecular flexibility index (Phi) is 7.41. The second kappa shape index (κ2) is 11.5. The smallest absolute Gasteiger partial charge is 0.226 e. The standard InChI is InChI=1S/C37H36Cl2FN5O2S/c1-17-19(3)48-31(42-17)16-47-22-12-29(44(15-22)37(46)20-7-8-20)30-13-26-18(2)43-34-25(36(26)45(30)35-21-11-28(35)41-14-21)10-9-24(33(34)40)23-5-4-6-27(38)32(23)39/h4-6,9-10,13,20-22,28-29,35,41H,7-8,11-12,14-16H2,1-3H3. The van der Waals surface area contributed by atoms with Crippen molar-refractivity contribution in [1.29, 1.82) is 0 Å². The van der Waals surface area contributed by atoms with Crippen molar-refractivity contribution in [3.8, 4) is 11.1 Å². The summed E-state index contributed by atoms with van der Waals surface area (Å²) in [5.41, 5.74) is 5.08. The van der Waals surface area contributed by atoms with E-state index in [4.69, 9.17) is 32.9 Å². The molecule has 11 heteroatoms. The summed E-state index contributed by atoms with van der Waals surface area (Å²) in [5.74, 6) is 0.357. The number of hydrogen-bond donors (Lipinski definition) is 1. The summed E-state index contributed by atoms with van der Waals surface area (Å²) in [5, 5.41) is 7.11. The van der Waals surface area contributed by atoms with E-state index in [9.17, 15) is 4.79 Å². The number of carbonyl (C=O) groups is 1. The molecule has 3 aromatic heterocycles. The lowest BCUT2D eigenvalue weighted by molar-refractivity contribution is -0.134. The highest BCUT2D eigenvalue weighted by Crippen LogP contribution is 2.51. The highest BCUT2D eigenvalue weighted by molar-refractivity contribution is 7.11. The minimum Gasteiger partial charge on any atom is -0.369 e. The highest BCUT2D eigenvalue weighted by Gasteiger charge is 2.51. The van der Waals surface area contributed by atoms with E-state index in [1.165, 1.54) is 4.88 Å². The van der Waals surface area contributed by atoms with Gasteiger partial charge in [0.1, 0.15) is 10.5 Å². The van der Waals surface area contributed by atoms with Gasteiger partial charge in [0.25, 0.3) is 0 Å². The van der Waals surface area contributed by atoms with Crippen LogP contribution < -0.4 is 5.32 Å². The molecule has 0 spiro atoms. The first-order chi connectivity index (χ1) is 23.2. The molecule has 5 aromatic rings. The summed E-state index contributed by atoms with van der Waals surface area (Å²) in [6.07, 6.45) is 3.59. The number of hydrogen-bond acceptors (Lipinski definition) is 6. The van der Waals surface area contributed by atoms with Crippen molar-refractivity contribution >= 4 is 62.3 Å². The van der Waals surface area contributed by atoms with Crippen LogP contribution in [0.15, 0.2) is 36.4 Å². The number of nitrogens with one attached hydrogen (secondary N) is 1. The van der Waals surface area contributed by atoms with Crippen LogP contribution in [0.5, 0.6) is 0 Å². The van der Waals surface area contributed by atoms with E-state index in [1.54, 1.807) is 35.6 Å². The average Bonchev–Trinajstić information content (AvgIpc) is 3.44. The SMILES string of the molecule is Cc1nc(COC2CC(c3cc4c(C)nc5c(F)c(-c6cccc(Cl)c6Cl)ccc5c4n3C3C4CNC3C4)N(C(=O)C3CC3)C2)sc1C. The molecule has 6 heterocycles. The number of rotatable bonds is 7. The Morgan fingerprint density at radius 3 is 2.60 bits per heavy atom. The number of pyridine rings is 1. The molecule has 1 amide bonds. The number of carbonyl (C=O) groups excluding carboxylic acids is 1. The molecular weight excluding hydrogens is 668 g/mol. The van der Waals surface area contributed by atoms with Crippen LogP contribution in [-0.4, -0.2) is 50.6 Å². The Morgan fingerprint density at radius 2 is 1.90 bits per heavy atom. The normalized spacial score (nSPS) is 25.0. The molecule has 3 saturated heterocycles. The molecule has 48 heavy (non-hydrogen) atoms. The molecule has 5 unspecified atom stereocenters. The number of halogens is 3. The average molecular weight is 705 g/mol. The van der Waals surface area contributed by atoms with Gasteiger partial charge in [-0.15, -0.1) is 11.3 Å². The Hall–Kier alpha value is -3.08. The number of benzene rings is 2. The number of thiazole rings is 1. The van der Waals surface area contributed by atoms with Crippen LogP contribution in [0, 0.1) is 38.4 Å². The van der Waals surface area contributed by atoms with Gasteiger partial charge in [0.15, 0.2) is 5.82 Å². The highest BCUT2D eigenvalue weighted by atomic mass is 35.5. The maximum atomic E-state index is 16.6. The fourth-order valence-electron chi connectivity index (χ4n) is 8.32. The maximum absolute atomic E-state index is 16.6. The quantitative estimate of drug-likeness (QED) is 0.184. The van der Waals surface area contributed by atoms with Gasteiger partial charge in [-0.25, -0.2) is 14.4 Å². The van der Waals surface area contributed by atoms with Gasteiger partial charge in [-0.05, 0) is 64.2 Å². The fourth-order valence-corrected chi connectivity index (χ4v) is 9.58. The van der Waals surface area contributed by atoms with Crippen LogP contribution in [0.3, 0.4) is 0 Å². The summed E-state index contributed by atoms with van der Waals surface area (Å²) in [6.45, 7) is 8.01. The van der Waals surface area contributed by atoms with Gasteiger partial charge in [0.2, 0.25) is 5.91 Å². The number of ether oxygens (including phenoxy) is 1. The van der Waals surface area contributed by atoms with Crippen molar-refractivity contribution in [2.45, 2.75) is 77.3 Å². The van der Waals surface area contributed by atoms with Crippen molar-refractivity contribution in [1.82, 2.24) is 24.8 Å². The minimum absolute atomic E-state index is 0.0879. The third kappa shape index (κ3) is 4.83. The van der Waals surface area contributed by atoms with E-state index in [0.717, 1.165) is 64.2 Å². The topological polar surface area (TPSA) is 72.3 Å². The lowest BCUT2D eigenvalue weighted by Gasteiger charge is -2.39. The molecule has 3 aliphatic heterocycles. The molecule has 7 nitrogen and oxygen atoms in total. The predicted octanol–water partition coefficient (Wildman–Crippen LogP) is 8.49. The van der Waals surface area contributed by atoms with Crippen LogP contribution in [0.2, 0.25) is 10.0 Å². The third-order valence-corrected chi connectivity index (χ3v) is 12.9. The summed E-state index contributed by atoms with van der Waals surface area (Å²) < 4.78 is 25.5. The van der Waals surface area contributed by atoms with Gasteiger partial charge < -0.3 is 19.5 Å². The number of amides is 1. The lowest BCUT2D eigenvalue weighted by Crippen LogP contribution is -2.41. The zero-order valence-electron chi connectivity index (χ0n) is 27.0. The van der Waals surface area contributed by atoms with Crippen molar-refractivity contribution in [3.63, 3.8) is 0 Å². The Morgan fingerprint density at radius 1 is 1.06 bits per heavy atom. The number of likely N-dealkylation sites (tertiary alicyclic amines) is 1. The van der Waals surface area contributed by atoms with Gasteiger partial charge in [-0.2, -0.15) is 0 Å². The number of nitrogens with zero attached hydrogens (tertiary/aromatic N) is 4. The summed E-state index contributed by atoms with van der Waals surface area (Å²) in [4.78, 5) is 26.7. The van der Waals surface area contributed by atoms with Gasteiger partial charge in [-0.1, -0.05) is 41.4 Å². The maximum Gasteiger partial charge on any atom is 0.226 e. The number of aryl methyl sites for hydroxylation is 3. The van der Waals surface area contributed by atoms with Crippen molar-refractivity contribution in [3.05, 3.63) is 79.2 Å². The van der Waals surface area contributed by atoms with E-state index in [1.807, 2.05) is 19.9 Å². The fraction of sp³-hybridized carbons (Fsp3) is 0.432. The lowest BCUT2D eigenvalue weighted by atomic mass is 9.79. The van der Waals surface area contributed by atoms with E-state index < -0.39 is 5.82 Å². The molecule has 1 N–H and O–H groups in total. The molecule has 5 fully saturated rings. The molecule has 2 bridgehead atoms. The van der Waals surface area contributed by atoms with Crippen molar-refractivity contribution in [2.24, 2.45) is 11.8 Å². The first-order valence-electron chi connectivity index (χ1n) is 16.8. The second-order valence-corrected chi connectivity index (χ2v) is 16.1.